The number of amides is 2. The van der Waals surface area contributed by atoms with E-state index in [9.17, 15) is 9.59 Å². The molecule has 2 rings (SSSR count). The monoisotopic (exact) mass is 494 g/mol. The van der Waals surface area contributed by atoms with Crippen LogP contribution >= 0.6 is 35.0 Å². The molecule has 0 fully saturated rings. The van der Waals surface area contributed by atoms with E-state index in [0.717, 1.165) is 18.6 Å². The van der Waals surface area contributed by atoms with Crippen molar-refractivity contribution < 1.29 is 9.59 Å². The van der Waals surface area contributed by atoms with Gasteiger partial charge in [-0.15, -0.1) is 11.8 Å². The van der Waals surface area contributed by atoms with E-state index >= 15 is 0 Å². The zero-order valence-electron chi connectivity index (χ0n) is 19.2. The lowest BCUT2D eigenvalue weighted by atomic mass is 10.1. The lowest BCUT2D eigenvalue weighted by molar-refractivity contribution is -0.138. The van der Waals surface area contributed by atoms with E-state index in [0.29, 0.717) is 22.2 Å². The van der Waals surface area contributed by atoms with Gasteiger partial charge >= 0.3 is 0 Å². The van der Waals surface area contributed by atoms with Crippen molar-refractivity contribution in [3.8, 4) is 0 Å². The summed E-state index contributed by atoms with van der Waals surface area (Å²) >= 11 is 14.2. The van der Waals surface area contributed by atoms with Crippen LogP contribution in [0.3, 0.4) is 0 Å². The maximum absolute atomic E-state index is 13.2. The van der Waals surface area contributed by atoms with Gasteiger partial charge in [0.25, 0.3) is 0 Å². The third-order valence-corrected chi connectivity index (χ3v) is 6.86. The van der Waals surface area contributed by atoms with Crippen LogP contribution < -0.4 is 5.32 Å². The van der Waals surface area contributed by atoms with Crippen LogP contribution in [0.5, 0.6) is 0 Å². The fourth-order valence-electron chi connectivity index (χ4n) is 3.46. The van der Waals surface area contributed by atoms with Crippen molar-refractivity contribution in [2.24, 2.45) is 0 Å². The van der Waals surface area contributed by atoms with Gasteiger partial charge in [-0.1, -0.05) is 71.9 Å². The maximum Gasteiger partial charge on any atom is 0.242 e. The average molecular weight is 496 g/mol. The SMILES string of the molecule is CCCCNC(=O)[C@H](C)N(Cc1c(Cl)cccc1Cl)C(=O)CSCc1cc(C)cc(C)c1. The number of hydrogen-bond acceptors (Lipinski definition) is 3. The minimum absolute atomic E-state index is 0.117. The lowest BCUT2D eigenvalue weighted by Gasteiger charge is -2.29. The van der Waals surface area contributed by atoms with Crippen molar-refractivity contribution in [1.82, 2.24) is 10.2 Å². The minimum atomic E-state index is -0.631. The molecular weight excluding hydrogens is 463 g/mol. The Morgan fingerprint density at radius 1 is 1.09 bits per heavy atom. The van der Waals surface area contributed by atoms with Crippen molar-refractivity contribution in [2.45, 2.75) is 58.9 Å². The molecule has 0 aliphatic heterocycles. The Kier molecular flexibility index (Phi) is 10.9. The highest BCUT2D eigenvalue weighted by Gasteiger charge is 2.27. The summed E-state index contributed by atoms with van der Waals surface area (Å²) in [6.45, 7) is 8.73. The Morgan fingerprint density at radius 2 is 1.72 bits per heavy atom. The van der Waals surface area contributed by atoms with E-state index in [1.165, 1.54) is 16.7 Å². The fraction of sp³-hybridized carbons (Fsp3) is 0.440. The second kappa shape index (κ2) is 13.1. The van der Waals surface area contributed by atoms with Crippen LogP contribution in [0, 0.1) is 13.8 Å². The smallest absolute Gasteiger partial charge is 0.242 e. The first kappa shape index (κ1) is 26.6. The number of nitrogens with zero attached hydrogens (tertiary/aromatic N) is 1. The second-order valence-corrected chi connectivity index (χ2v) is 9.83. The minimum Gasteiger partial charge on any atom is -0.354 e. The first-order valence-electron chi connectivity index (χ1n) is 10.9. The summed E-state index contributed by atoms with van der Waals surface area (Å²) in [7, 11) is 0. The Bertz CT molecular complexity index is 896. The molecule has 0 radical (unpaired) electrons. The zero-order chi connectivity index (χ0) is 23.7. The third kappa shape index (κ3) is 8.02. The van der Waals surface area contributed by atoms with Gasteiger partial charge in [0.2, 0.25) is 11.8 Å². The van der Waals surface area contributed by atoms with Gasteiger partial charge in [0.15, 0.2) is 0 Å². The summed E-state index contributed by atoms with van der Waals surface area (Å²) in [4.78, 5) is 27.5. The van der Waals surface area contributed by atoms with E-state index < -0.39 is 6.04 Å². The normalized spacial score (nSPS) is 11.8. The van der Waals surface area contributed by atoms with Crippen LogP contribution in [0.4, 0.5) is 0 Å². The van der Waals surface area contributed by atoms with E-state index in [-0.39, 0.29) is 24.1 Å². The molecule has 1 N–H and O–H groups in total. The lowest BCUT2D eigenvalue weighted by Crippen LogP contribution is -2.48. The quantitative estimate of drug-likeness (QED) is 0.379. The molecule has 2 aromatic rings. The summed E-state index contributed by atoms with van der Waals surface area (Å²) in [6.07, 6.45) is 1.89. The van der Waals surface area contributed by atoms with Crippen LogP contribution in [0.25, 0.3) is 0 Å². The van der Waals surface area contributed by atoms with Gasteiger partial charge in [0, 0.05) is 34.5 Å². The maximum atomic E-state index is 13.2. The Balaban J connectivity index is 2.12. The molecule has 2 amide bonds. The highest BCUT2D eigenvalue weighted by Crippen LogP contribution is 2.27. The molecule has 0 aromatic heterocycles. The molecule has 0 bridgehead atoms. The highest BCUT2D eigenvalue weighted by molar-refractivity contribution is 7.99. The van der Waals surface area contributed by atoms with E-state index in [1.54, 1.807) is 41.8 Å². The molecule has 0 saturated carbocycles. The molecule has 0 aliphatic rings. The number of rotatable bonds is 11. The van der Waals surface area contributed by atoms with Crippen molar-refractivity contribution in [3.05, 3.63) is 68.7 Å². The van der Waals surface area contributed by atoms with Crippen molar-refractivity contribution in [2.75, 3.05) is 12.3 Å². The number of hydrogen-bond donors (Lipinski definition) is 1. The molecule has 1 atom stereocenters. The summed E-state index contributed by atoms with van der Waals surface area (Å²) < 4.78 is 0. The first-order valence-corrected chi connectivity index (χ1v) is 12.8. The van der Waals surface area contributed by atoms with Crippen LogP contribution in [0.2, 0.25) is 10.0 Å². The Labute approximate surface area is 206 Å². The molecule has 32 heavy (non-hydrogen) atoms. The van der Waals surface area contributed by atoms with Crippen molar-refractivity contribution in [1.29, 1.82) is 0 Å². The summed E-state index contributed by atoms with van der Waals surface area (Å²) in [5, 5.41) is 3.89. The molecule has 4 nitrogen and oxygen atoms in total. The van der Waals surface area contributed by atoms with Gasteiger partial charge < -0.3 is 10.2 Å². The number of aryl methyl sites for hydroxylation is 2. The number of carbonyl (C=O) groups excluding carboxylic acids is 2. The number of halogens is 2. The van der Waals surface area contributed by atoms with Crippen molar-refractivity contribution in [3.63, 3.8) is 0 Å². The van der Waals surface area contributed by atoms with Gasteiger partial charge in [-0.2, -0.15) is 0 Å². The Hall–Kier alpha value is -1.69. The molecule has 0 aliphatic carbocycles. The highest BCUT2D eigenvalue weighted by atomic mass is 35.5. The number of benzene rings is 2. The van der Waals surface area contributed by atoms with Gasteiger partial charge in [-0.3, -0.25) is 9.59 Å². The molecule has 0 unspecified atom stereocenters. The zero-order valence-corrected chi connectivity index (χ0v) is 21.5. The van der Waals surface area contributed by atoms with Gasteiger partial charge in [-0.05, 0) is 44.9 Å². The molecule has 2 aromatic carbocycles. The van der Waals surface area contributed by atoms with Crippen LogP contribution in [0.15, 0.2) is 36.4 Å². The van der Waals surface area contributed by atoms with Crippen LogP contribution in [-0.4, -0.2) is 35.1 Å². The first-order chi connectivity index (χ1) is 15.2. The second-order valence-electron chi connectivity index (χ2n) is 8.03. The molecule has 0 spiro atoms. The van der Waals surface area contributed by atoms with Crippen LogP contribution in [0.1, 0.15) is 48.9 Å². The van der Waals surface area contributed by atoms with Gasteiger partial charge in [-0.25, -0.2) is 0 Å². The summed E-state index contributed by atoms with van der Waals surface area (Å²) in [5.74, 6) is 0.705. The summed E-state index contributed by atoms with van der Waals surface area (Å²) in [6, 6.07) is 11.0. The summed E-state index contributed by atoms with van der Waals surface area (Å²) in [5.41, 5.74) is 4.25. The number of nitrogens with one attached hydrogen (secondary N) is 1. The van der Waals surface area contributed by atoms with E-state index in [2.05, 4.69) is 44.3 Å². The van der Waals surface area contributed by atoms with Gasteiger partial charge in [0.1, 0.15) is 6.04 Å². The molecular formula is C25H32Cl2N2O2S. The fourth-order valence-corrected chi connectivity index (χ4v) is 4.83. The molecule has 7 heteroatoms. The van der Waals surface area contributed by atoms with Gasteiger partial charge in [0.05, 0.1) is 5.75 Å². The molecule has 0 saturated heterocycles. The number of unbranched alkanes of at least 4 members (excludes halogenated alkanes) is 1. The topological polar surface area (TPSA) is 49.4 Å². The third-order valence-electron chi connectivity index (χ3n) is 5.16. The predicted molar refractivity (Wildman–Crippen MR) is 136 cm³/mol. The number of thioether (sulfide) groups is 1. The molecule has 0 heterocycles. The van der Waals surface area contributed by atoms with E-state index in [4.69, 9.17) is 23.2 Å². The standard InChI is InChI=1S/C25H32Cl2N2O2S/c1-5-6-10-28-25(31)19(4)29(14-21-22(26)8-7-9-23(21)27)24(30)16-32-15-20-12-17(2)11-18(3)13-20/h7-9,11-13,19H,5-6,10,14-16H2,1-4H3,(H,28,31)/t19-/m0/s1. The van der Waals surface area contributed by atoms with Crippen molar-refractivity contribution >= 4 is 46.8 Å². The van der Waals surface area contributed by atoms with Crippen LogP contribution in [-0.2, 0) is 21.9 Å². The Morgan fingerprint density at radius 3 is 2.31 bits per heavy atom. The predicted octanol–water partition coefficient (Wildman–Crippen LogP) is 6.18. The van der Waals surface area contributed by atoms with E-state index in [1.807, 2.05) is 0 Å². The average Bonchev–Trinajstić information content (AvgIpc) is 2.72. The molecule has 174 valence electrons. The largest absolute Gasteiger partial charge is 0.354 e. The number of carbonyl (C=O) groups is 2.